The molecule has 0 spiro atoms. The average Bonchev–Trinajstić information content (AvgIpc) is 2.38. The Morgan fingerprint density at radius 3 is 2.24 bits per heavy atom. The molecule has 0 unspecified atom stereocenters. The number of benzene rings is 2. The van der Waals surface area contributed by atoms with Gasteiger partial charge < -0.3 is 11.5 Å². The van der Waals surface area contributed by atoms with Crippen molar-refractivity contribution in [3.8, 4) is 0 Å². The Hall–Kier alpha value is -2.34. The summed E-state index contributed by atoms with van der Waals surface area (Å²) < 4.78 is 24.8. The van der Waals surface area contributed by atoms with Crippen LogP contribution >= 0.6 is 0 Å². The second-order valence-electron chi connectivity index (χ2n) is 4.85. The van der Waals surface area contributed by atoms with E-state index in [2.05, 4.69) is 0 Å². The number of carbonyl (C=O) groups excluding carboxylic acids is 1. The molecule has 0 aromatic heterocycles. The van der Waals surface area contributed by atoms with Crippen LogP contribution in [0, 0.1) is 6.92 Å². The van der Waals surface area contributed by atoms with Crippen molar-refractivity contribution < 1.29 is 13.2 Å². The molecule has 0 fully saturated rings. The predicted molar refractivity (Wildman–Crippen MR) is 81.4 cm³/mol. The molecule has 0 radical (unpaired) electrons. The monoisotopic (exact) mass is 304 g/mol. The molecule has 110 valence electrons. The second-order valence-corrected chi connectivity index (χ2v) is 6.80. The molecule has 0 heterocycles. The number of amides is 1. The Labute approximate surface area is 123 Å². The summed E-state index contributed by atoms with van der Waals surface area (Å²) in [5.41, 5.74) is 12.9. The van der Waals surface area contributed by atoms with Crippen LogP contribution in [0.2, 0.25) is 0 Å². The SMILES string of the molecule is Cc1cc(N)ccc1S(=O)(=O)Cc1ccc(C(N)=O)cc1. The Kier molecular flexibility index (Phi) is 3.99. The first-order valence-corrected chi connectivity index (χ1v) is 7.92. The quantitative estimate of drug-likeness (QED) is 0.838. The zero-order chi connectivity index (χ0) is 15.6. The maximum Gasteiger partial charge on any atom is 0.248 e. The van der Waals surface area contributed by atoms with Gasteiger partial charge in [-0.25, -0.2) is 8.42 Å². The highest BCUT2D eigenvalue weighted by atomic mass is 32.2. The molecule has 0 aliphatic rings. The van der Waals surface area contributed by atoms with E-state index >= 15 is 0 Å². The molecule has 4 N–H and O–H groups in total. The third-order valence-corrected chi connectivity index (χ3v) is 4.97. The fourth-order valence-electron chi connectivity index (χ4n) is 2.08. The fourth-order valence-corrected chi connectivity index (χ4v) is 3.70. The number of hydrogen-bond acceptors (Lipinski definition) is 4. The summed E-state index contributed by atoms with van der Waals surface area (Å²) in [6.45, 7) is 1.71. The molecule has 0 saturated heterocycles. The van der Waals surface area contributed by atoms with Gasteiger partial charge in [0.2, 0.25) is 5.91 Å². The van der Waals surface area contributed by atoms with Crippen LogP contribution in [0.15, 0.2) is 47.4 Å². The molecule has 0 aliphatic carbocycles. The zero-order valence-electron chi connectivity index (χ0n) is 11.5. The van der Waals surface area contributed by atoms with Crippen LogP contribution in [-0.4, -0.2) is 14.3 Å². The van der Waals surface area contributed by atoms with E-state index in [0.29, 0.717) is 22.4 Å². The maximum atomic E-state index is 12.4. The Bertz CT molecular complexity index is 781. The number of nitrogens with two attached hydrogens (primary N) is 2. The topological polar surface area (TPSA) is 103 Å². The van der Waals surface area contributed by atoms with Gasteiger partial charge in [0.15, 0.2) is 9.84 Å². The summed E-state index contributed by atoms with van der Waals surface area (Å²) >= 11 is 0. The lowest BCUT2D eigenvalue weighted by molar-refractivity contribution is 0.100. The zero-order valence-corrected chi connectivity index (χ0v) is 12.4. The van der Waals surface area contributed by atoms with Crippen molar-refractivity contribution in [1.29, 1.82) is 0 Å². The first kappa shape index (κ1) is 15.1. The summed E-state index contributed by atoms with van der Waals surface area (Å²) in [5.74, 6) is -0.685. The van der Waals surface area contributed by atoms with Gasteiger partial charge in [0.05, 0.1) is 10.6 Å². The lowest BCUT2D eigenvalue weighted by Gasteiger charge is -2.09. The second kappa shape index (κ2) is 5.57. The molecule has 0 bridgehead atoms. The van der Waals surface area contributed by atoms with E-state index in [-0.39, 0.29) is 10.6 Å². The molecular weight excluding hydrogens is 288 g/mol. The van der Waals surface area contributed by atoms with Crippen LogP contribution in [0.3, 0.4) is 0 Å². The van der Waals surface area contributed by atoms with Crippen LogP contribution < -0.4 is 11.5 Å². The van der Waals surface area contributed by atoms with Gasteiger partial charge in [0.25, 0.3) is 0 Å². The van der Waals surface area contributed by atoms with Crippen molar-refractivity contribution in [2.75, 3.05) is 5.73 Å². The highest BCUT2D eigenvalue weighted by molar-refractivity contribution is 7.90. The van der Waals surface area contributed by atoms with E-state index in [0.717, 1.165) is 0 Å². The van der Waals surface area contributed by atoms with E-state index in [1.54, 1.807) is 31.2 Å². The molecule has 2 aromatic rings. The Balaban J connectivity index is 2.30. The van der Waals surface area contributed by atoms with Crippen molar-refractivity contribution in [3.63, 3.8) is 0 Å². The average molecular weight is 304 g/mol. The van der Waals surface area contributed by atoms with Crippen LogP contribution in [0.5, 0.6) is 0 Å². The summed E-state index contributed by atoms with van der Waals surface area (Å²) in [5, 5.41) is 0. The van der Waals surface area contributed by atoms with E-state index in [4.69, 9.17) is 11.5 Å². The maximum absolute atomic E-state index is 12.4. The van der Waals surface area contributed by atoms with Crippen LogP contribution in [0.4, 0.5) is 5.69 Å². The molecule has 6 heteroatoms. The summed E-state index contributed by atoms with van der Waals surface area (Å²) in [6, 6.07) is 10.9. The van der Waals surface area contributed by atoms with E-state index < -0.39 is 15.7 Å². The molecule has 21 heavy (non-hydrogen) atoms. The molecule has 0 atom stereocenters. The van der Waals surface area contributed by atoms with Crippen molar-refractivity contribution in [3.05, 3.63) is 59.2 Å². The smallest absolute Gasteiger partial charge is 0.248 e. The summed E-state index contributed by atoms with van der Waals surface area (Å²) in [7, 11) is -3.47. The minimum absolute atomic E-state index is 0.142. The molecule has 2 rings (SSSR count). The fraction of sp³-hybridized carbons (Fsp3) is 0.133. The third kappa shape index (κ3) is 3.41. The molecule has 1 amide bonds. The Morgan fingerprint density at radius 1 is 1.10 bits per heavy atom. The minimum atomic E-state index is -3.47. The van der Waals surface area contributed by atoms with Crippen molar-refractivity contribution in [2.45, 2.75) is 17.6 Å². The lowest BCUT2D eigenvalue weighted by atomic mass is 10.1. The number of rotatable bonds is 4. The van der Waals surface area contributed by atoms with Crippen molar-refractivity contribution in [2.24, 2.45) is 5.73 Å². The van der Waals surface area contributed by atoms with Gasteiger partial charge in [-0.05, 0) is 48.4 Å². The van der Waals surface area contributed by atoms with E-state index in [1.165, 1.54) is 18.2 Å². The highest BCUT2D eigenvalue weighted by Gasteiger charge is 2.18. The first-order valence-electron chi connectivity index (χ1n) is 6.27. The number of primary amides is 1. The van der Waals surface area contributed by atoms with Crippen LogP contribution in [0.25, 0.3) is 0 Å². The summed E-state index contributed by atoms with van der Waals surface area (Å²) in [4.78, 5) is 11.2. The van der Waals surface area contributed by atoms with Gasteiger partial charge in [0.1, 0.15) is 0 Å². The number of nitrogen functional groups attached to an aromatic ring is 1. The van der Waals surface area contributed by atoms with Crippen molar-refractivity contribution in [1.82, 2.24) is 0 Å². The molecule has 0 aliphatic heterocycles. The van der Waals surface area contributed by atoms with Gasteiger partial charge in [-0.2, -0.15) is 0 Å². The number of anilines is 1. The van der Waals surface area contributed by atoms with Gasteiger partial charge >= 0.3 is 0 Å². The first-order chi connectivity index (χ1) is 9.79. The Morgan fingerprint density at radius 2 is 1.71 bits per heavy atom. The number of hydrogen-bond donors (Lipinski definition) is 2. The molecule has 5 nitrogen and oxygen atoms in total. The van der Waals surface area contributed by atoms with Crippen molar-refractivity contribution >= 4 is 21.4 Å². The predicted octanol–water partition coefficient (Wildman–Crippen LogP) is 1.65. The number of aryl methyl sites for hydroxylation is 1. The molecule has 2 aromatic carbocycles. The molecule has 0 saturated carbocycles. The molecular formula is C15H16N2O3S. The van der Waals surface area contributed by atoms with Gasteiger partial charge in [0, 0.05) is 11.3 Å². The van der Waals surface area contributed by atoms with Gasteiger partial charge in [-0.3, -0.25) is 4.79 Å². The van der Waals surface area contributed by atoms with E-state index in [9.17, 15) is 13.2 Å². The normalized spacial score (nSPS) is 11.3. The minimum Gasteiger partial charge on any atom is -0.399 e. The number of carbonyl (C=O) groups is 1. The van der Waals surface area contributed by atoms with Gasteiger partial charge in [-0.1, -0.05) is 12.1 Å². The van der Waals surface area contributed by atoms with Crippen LogP contribution in [-0.2, 0) is 15.6 Å². The largest absolute Gasteiger partial charge is 0.399 e. The standard InChI is InChI=1S/C15H16N2O3S/c1-10-8-13(16)6-7-14(10)21(19,20)9-11-2-4-12(5-3-11)15(17)18/h2-8H,9,16H2,1H3,(H2,17,18). The van der Waals surface area contributed by atoms with Crippen LogP contribution in [0.1, 0.15) is 21.5 Å². The highest BCUT2D eigenvalue weighted by Crippen LogP contribution is 2.22. The third-order valence-electron chi connectivity index (χ3n) is 3.13. The number of sulfone groups is 1. The summed E-state index contributed by atoms with van der Waals surface area (Å²) in [6.07, 6.45) is 0. The lowest BCUT2D eigenvalue weighted by Crippen LogP contribution is -2.11. The van der Waals surface area contributed by atoms with Gasteiger partial charge in [-0.15, -0.1) is 0 Å². The van der Waals surface area contributed by atoms with E-state index in [1.807, 2.05) is 0 Å².